The van der Waals surface area contributed by atoms with Gasteiger partial charge in [0.1, 0.15) is 5.82 Å². The highest BCUT2D eigenvalue weighted by atomic mass is 35.5. The fourth-order valence-electron chi connectivity index (χ4n) is 1.94. The van der Waals surface area contributed by atoms with E-state index < -0.39 is 21.7 Å². The molecule has 0 saturated heterocycles. The average molecular weight is 357 g/mol. The molecule has 0 unspecified atom stereocenters. The Bertz CT molecular complexity index is 823. The number of carbonyl (C=O) groups excluding carboxylic acids is 1. The molecule has 0 atom stereocenters. The Kier molecular flexibility index (Phi) is 5.35. The summed E-state index contributed by atoms with van der Waals surface area (Å²) in [7, 11) is -3.72. The molecule has 23 heavy (non-hydrogen) atoms. The number of sulfonamides is 1. The standard InChI is InChI=1S/C15H14ClFN2O3S/c16-11-3-6-13(14(17)9-11)15(20)19-8-7-10-1-4-12(5-2-10)23(18,21)22/h1-6,9H,7-8H2,(H,19,20)(H2,18,21,22). The van der Waals surface area contributed by atoms with Gasteiger partial charge in [0.15, 0.2) is 0 Å². The normalized spacial score (nSPS) is 11.3. The van der Waals surface area contributed by atoms with Gasteiger partial charge >= 0.3 is 0 Å². The number of carbonyl (C=O) groups is 1. The van der Waals surface area contributed by atoms with Crippen molar-refractivity contribution in [1.29, 1.82) is 0 Å². The van der Waals surface area contributed by atoms with Gasteiger partial charge in [-0.1, -0.05) is 23.7 Å². The van der Waals surface area contributed by atoms with Crippen LogP contribution in [0.3, 0.4) is 0 Å². The number of primary sulfonamides is 1. The van der Waals surface area contributed by atoms with Gasteiger partial charge in [0.05, 0.1) is 10.5 Å². The van der Waals surface area contributed by atoms with Crippen LogP contribution in [0.1, 0.15) is 15.9 Å². The molecule has 0 fully saturated rings. The Morgan fingerprint density at radius 2 is 1.83 bits per heavy atom. The van der Waals surface area contributed by atoms with E-state index in [9.17, 15) is 17.6 Å². The van der Waals surface area contributed by atoms with Gasteiger partial charge in [0, 0.05) is 11.6 Å². The van der Waals surface area contributed by atoms with Gasteiger partial charge in [-0.25, -0.2) is 17.9 Å². The number of halogens is 2. The Morgan fingerprint density at radius 1 is 1.17 bits per heavy atom. The molecule has 0 spiro atoms. The van der Waals surface area contributed by atoms with Crippen molar-refractivity contribution >= 4 is 27.5 Å². The fourth-order valence-corrected chi connectivity index (χ4v) is 2.61. The molecular weight excluding hydrogens is 343 g/mol. The van der Waals surface area contributed by atoms with Crippen molar-refractivity contribution in [3.63, 3.8) is 0 Å². The maximum Gasteiger partial charge on any atom is 0.254 e. The van der Waals surface area contributed by atoms with Crippen LogP contribution in [-0.2, 0) is 16.4 Å². The monoisotopic (exact) mass is 356 g/mol. The molecule has 0 radical (unpaired) electrons. The van der Waals surface area contributed by atoms with Crippen molar-refractivity contribution in [3.8, 4) is 0 Å². The number of amides is 1. The van der Waals surface area contributed by atoms with Gasteiger partial charge in [-0.05, 0) is 42.3 Å². The first-order valence-corrected chi connectivity index (χ1v) is 8.55. The number of hydrogen-bond donors (Lipinski definition) is 2. The summed E-state index contributed by atoms with van der Waals surface area (Å²) in [5.74, 6) is -1.23. The maximum absolute atomic E-state index is 13.6. The van der Waals surface area contributed by atoms with Crippen LogP contribution in [0.2, 0.25) is 5.02 Å². The lowest BCUT2D eigenvalue weighted by Gasteiger charge is -2.07. The van der Waals surface area contributed by atoms with Gasteiger partial charge in [0.2, 0.25) is 10.0 Å². The molecule has 0 heterocycles. The second-order valence-electron chi connectivity index (χ2n) is 4.82. The van der Waals surface area contributed by atoms with Crippen LogP contribution in [0.25, 0.3) is 0 Å². The predicted octanol–water partition coefficient (Wildman–Crippen LogP) is 2.10. The second kappa shape index (κ2) is 7.08. The van der Waals surface area contributed by atoms with Gasteiger partial charge < -0.3 is 5.32 Å². The number of hydrogen-bond acceptors (Lipinski definition) is 3. The summed E-state index contributed by atoms with van der Waals surface area (Å²) in [6.07, 6.45) is 0.464. The van der Waals surface area contributed by atoms with Crippen molar-refractivity contribution in [1.82, 2.24) is 5.32 Å². The Balaban J connectivity index is 1.93. The topological polar surface area (TPSA) is 89.3 Å². The van der Waals surface area contributed by atoms with Gasteiger partial charge in [-0.3, -0.25) is 4.79 Å². The molecule has 1 amide bonds. The molecule has 0 bridgehead atoms. The van der Waals surface area contributed by atoms with Gasteiger partial charge in [0.25, 0.3) is 5.91 Å². The zero-order chi connectivity index (χ0) is 17.0. The minimum Gasteiger partial charge on any atom is -0.352 e. The molecule has 0 aliphatic heterocycles. The van der Waals surface area contributed by atoms with Crippen LogP contribution in [0.4, 0.5) is 4.39 Å². The molecule has 8 heteroatoms. The minimum absolute atomic E-state index is 0.0218. The van der Waals surface area contributed by atoms with Crippen LogP contribution >= 0.6 is 11.6 Å². The first-order chi connectivity index (χ1) is 10.8. The molecule has 0 aromatic heterocycles. The van der Waals surface area contributed by atoms with Gasteiger partial charge in [-0.2, -0.15) is 0 Å². The SMILES string of the molecule is NS(=O)(=O)c1ccc(CCNC(=O)c2ccc(Cl)cc2F)cc1. The lowest BCUT2D eigenvalue weighted by Crippen LogP contribution is -2.26. The molecule has 2 aromatic carbocycles. The average Bonchev–Trinajstić information content (AvgIpc) is 2.46. The molecule has 5 nitrogen and oxygen atoms in total. The van der Waals surface area contributed by atoms with E-state index in [1.807, 2.05) is 0 Å². The van der Waals surface area contributed by atoms with Crippen molar-refractivity contribution in [2.75, 3.05) is 6.54 Å². The van der Waals surface area contributed by atoms with E-state index in [2.05, 4.69) is 5.32 Å². The number of nitrogens with one attached hydrogen (secondary N) is 1. The predicted molar refractivity (Wildman–Crippen MR) is 85.3 cm³/mol. The summed E-state index contributed by atoms with van der Waals surface area (Å²) in [5, 5.41) is 7.81. The summed E-state index contributed by atoms with van der Waals surface area (Å²) in [6.45, 7) is 0.273. The molecule has 0 aliphatic rings. The van der Waals surface area contributed by atoms with E-state index in [4.69, 9.17) is 16.7 Å². The Hall–Kier alpha value is -1.96. The Labute approximate surface area is 138 Å². The van der Waals surface area contributed by atoms with E-state index in [0.717, 1.165) is 11.6 Å². The molecule has 0 saturated carbocycles. The summed E-state index contributed by atoms with van der Waals surface area (Å²) in [4.78, 5) is 11.9. The van der Waals surface area contributed by atoms with Crippen LogP contribution in [-0.4, -0.2) is 20.9 Å². The second-order valence-corrected chi connectivity index (χ2v) is 6.82. The number of nitrogens with two attached hydrogens (primary N) is 1. The lowest BCUT2D eigenvalue weighted by atomic mass is 10.1. The highest BCUT2D eigenvalue weighted by Crippen LogP contribution is 2.14. The third-order valence-electron chi connectivity index (χ3n) is 3.13. The number of rotatable bonds is 5. The molecule has 2 aromatic rings. The summed E-state index contributed by atoms with van der Waals surface area (Å²) < 4.78 is 35.9. The van der Waals surface area contributed by atoms with E-state index >= 15 is 0 Å². The van der Waals surface area contributed by atoms with Crippen molar-refractivity contribution in [2.24, 2.45) is 5.14 Å². The molecule has 2 rings (SSSR count). The summed E-state index contributed by atoms with van der Waals surface area (Å²) in [6, 6.07) is 9.82. The molecule has 3 N–H and O–H groups in total. The Morgan fingerprint density at radius 3 is 2.39 bits per heavy atom. The van der Waals surface area contributed by atoms with Crippen LogP contribution in [0.15, 0.2) is 47.4 Å². The third kappa shape index (κ3) is 4.75. The van der Waals surface area contributed by atoms with Crippen LogP contribution in [0, 0.1) is 5.82 Å². The first-order valence-electron chi connectivity index (χ1n) is 6.62. The smallest absolute Gasteiger partial charge is 0.254 e. The molecular formula is C15H14ClFN2O3S. The highest BCUT2D eigenvalue weighted by Gasteiger charge is 2.11. The summed E-state index contributed by atoms with van der Waals surface area (Å²) >= 11 is 5.63. The molecule has 122 valence electrons. The third-order valence-corrected chi connectivity index (χ3v) is 4.29. The van der Waals surface area contributed by atoms with Gasteiger partial charge in [-0.15, -0.1) is 0 Å². The largest absolute Gasteiger partial charge is 0.352 e. The van der Waals surface area contributed by atoms with E-state index in [0.29, 0.717) is 6.42 Å². The van der Waals surface area contributed by atoms with E-state index in [1.165, 1.54) is 24.3 Å². The van der Waals surface area contributed by atoms with E-state index in [1.54, 1.807) is 12.1 Å². The highest BCUT2D eigenvalue weighted by molar-refractivity contribution is 7.89. The van der Waals surface area contributed by atoms with Crippen LogP contribution < -0.4 is 10.5 Å². The minimum atomic E-state index is -3.72. The zero-order valence-corrected chi connectivity index (χ0v) is 13.5. The number of benzene rings is 2. The quantitative estimate of drug-likeness (QED) is 0.859. The first kappa shape index (κ1) is 17.4. The zero-order valence-electron chi connectivity index (χ0n) is 11.9. The lowest BCUT2D eigenvalue weighted by molar-refractivity contribution is 0.0950. The van der Waals surface area contributed by atoms with Crippen molar-refractivity contribution in [2.45, 2.75) is 11.3 Å². The van der Waals surface area contributed by atoms with Crippen LogP contribution in [0.5, 0.6) is 0 Å². The maximum atomic E-state index is 13.6. The van der Waals surface area contributed by atoms with E-state index in [-0.39, 0.29) is 22.0 Å². The molecule has 0 aliphatic carbocycles. The van der Waals surface area contributed by atoms with Crippen molar-refractivity contribution < 1.29 is 17.6 Å². The fraction of sp³-hybridized carbons (Fsp3) is 0.133. The van der Waals surface area contributed by atoms with Crippen molar-refractivity contribution in [3.05, 3.63) is 64.4 Å². The summed E-state index contributed by atoms with van der Waals surface area (Å²) in [5.41, 5.74) is 0.730.